The molecule has 0 amide bonds. The Kier molecular flexibility index (Phi) is 4.71. The molecule has 0 radical (unpaired) electrons. The Hall–Kier alpha value is -0.710. The van der Waals surface area contributed by atoms with Crippen molar-refractivity contribution in [2.24, 2.45) is 5.92 Å². The first-order valence-corrected chi connectivity index (χ1v) is 7.24. The number of aliphatic hydroxyl groups excluding tert-OH is 1. The molecule has 0 spiro atoms. The van der Waals surface area contributed by atoms with Crippen LogP contribution in [0.1, 0.15) is 11.3 Å². The normalized spacial score (nSPS) is 12.6. The van der Waals surface area contributed by atoms with Crippen LogP contribution in [0.2, 0.25) is 0 Å². The maximum absolute atomic E-state index is 9.41. The number of aliphatic hydroxyl groups is 1. The Morgan fingerprint density at radius 2 is 2.00 bits per heavy atom. The lowest BCUT2D eigenvalue weighted by molar-refractivity contribution is 0.224. The van der Waals surface area contributed by atoms with Crippen LogP contribution in [-0.2, 0) is 12.8 Å². The molecule has 0 aliphatic carbocycles. The molecule has 2 aromatic rings. The molecule has 0 saturated heterocycles. The average molecular weight is 312 g/mol. The van der Waals surface area contributed by atoms with Gasteiger partial charge in [0.1, 0.15) is 0 Å². The molecule has 0 fully saturated rings. The van der Waals surface area contributed by atoms with Gasteiger partial charge in [-0.05, 0) is 36.5 Å². The molecule has 1 aromatic heterocycles. The van der Waals surface area contributed by atoms with Crippen molar-refractivity contribution in [3.63, 3.8) is 0 Å². The van der Waals surface area contributed by atoms with Crippen molar-refractivity contribution >= 4 is 27.3 Å². The second-order valence-electron chi connectivity index (χ2n) is 4.06. The van der Waals surface area contributed by atoms with E-state index in [1.807, 2.05) is 23.0 Å². The molecule has 90 valence electrons. The van der Waals surface area contributed by atoms with Gasteiger partial charge in [0.15, 0.2) is 0 Å². The van der Waals surface area contributed by atoms with E-state index in [4.69, 9.17) is 0 Å². The summed E-state index contributed by atoms with van der Waals surface area (Å²) in [5, 5.41) is 11.5. The van der Waals surface area contributed by atoms with Crippen LogP contribution in [0.15, 0.2) is 39.6 Å². The van der Waals surface area contributed by atoms with Gasteiger partial charge >= 0.3 is 0 Å². The third kappa shape index (κ3) is 3.91. The van der Waals surface area contributed by atoms with Crippen molar-refractivity contribution in [3.05, 3.63) is 50.9 Å². The topological polar surface area (TPSA) is 33.1 Å². The first-order valence-electron chi connectivity index (χ1n) is 5.50. The van der Waals surface area contributed by atoms with Crippen LogP contribution in [-0.4, -0.2) is 16.7 Å². The lowest BCUT2D eigenvalue weighted by atomic mass is 9.96. The van der Waals surface area contributed by atoms with Gasteiger partial charge in [-0.2, -0.15) is 0 Å². The third-order valence-electron chi connectivity index (χ3n) is 2.68. The van der Waals surface area contributed by atoms with Gasteiger partial charge in [0.2, 0.25) is 0 Å². The summed E-state index contributed by atoms with van der Waals surface area (Å²) >= 11 is 5.02. The highest BCUT2D eigenvalue weighted by atomic mass is 79.9. The minimum absolute atomic E-state index is 0.202. The van der Waals surface area contributed by atoms with E-state index in [1.165, 1.54) is 5.56 Å². The zero-order chi connectivity index (χ0) is 12.1. The summed E-state index contributed by atoms with van der Waals surface area (Å²) in [6, 6.07) is 8.25. The van der Waals surface area contributed by atoms with Gasteiger partial charge in [0.25, 0.3) is 0 Å². The molecule has 17 heavy (non-hydrogen) atoms. The number of aromatic nitrogens is 1. The second kappa shape index (κ2) is 6.28. The first kappa shape index (κ1) is 12.7. The van der Waals surface area contributed by atoms with E-state index >= 15 is 0 Å². The van der Waals surface area contributed by atoms with Crippen molar-refractivity contribution in [2.45, 2.75) is 12.8 Å². The standard InChI is InChI=1S/C13H14BrNOS/c14-12-3-1-10(2-4-12)5-11(7-16)6-13-8-17-9-15-13/h1-4,8-9,11,16H,5-7H2. The van der Waals surface area contributed by atoms with Crippen LogP contribution in [0.3, 0.4) is 0 Å². The van der Waals surface area contributed by atoms with Crippen LogP contribution in [0.4, 0.5) is 0 Å². The summed E-state index contributed by atoms with van der Waals surface area (Å²) < 4.78 is 1.08. The van der Waals surface area contributed by atoms with E-state index in [1.54, 1.807) is 11.3 Å². The molecule has 4 heteroatoms. The Morgan fingerprint density at radius 3 is 2.59 bits per heavy atom. The van der Waals surface area contributed by atoms with E-state index < -0.39 is 0 Å². The molecule has 1 atom stereocenters. The maximum atomic E-state index is 9.41. The summed E-state index contributed by atoms with van der Waals surface area (Å²) in [5.41, 5.74) is 4.16. The van der Waals surface area contributed by atoms with Crippen molar-refractivity contribution in [1.29, 1.82) is 0 Å². The molecule has 0 aliphatic heterocycles. The summed E-state index contributed by atoms with van der Waals surface area (Å²) in [6.45, 7) is 0.202. The number of nitrogens with zero attached hydrogens (tertiary/aromatic N) is 1. The van der Waals surface area contributed by atoms with Gasteiger partial charge in [-0.15, -0.1) is 11.3 Å². The van der Waals surface area contributed by atoms with E-state index in [2.05, 4.69) is 33.0 Å². The fourth-order valence-corrected chi connectivity index (χ4v) is 2.62. The van der Waals surface area contributed by atoms with Gasteiger partial charge < -0.3 is 5.11 Å². The number of hydrogen-bond acceptors (Lipinski definition) is 3. The van der Waals surface area contributed by atoms with Gasteiger partial charge in [-0.1, -0.05) is 28.1 Å². The predicted octanol–water partition coefficient (Wildman–Crippen LogP) is 3.30. The average Bonchev–Trinajstić information content (AvgIpc) is 2.84. The number of rotatable bonds is 5. The molecule has 1 unspecified atom stereocenters. The highest BCUT2D eigenvalue weighted by Crippen LogP contribution is 2.17. The molecule has 2 nitrogen and oxygen atoms in total. The molecule has 1 heterocycles. The van der Waals surface area contributed by atoms with Crippen molar-refractivity contribution in [1.82, 2.24) is 4.98 Å². The summed E-state index contributed by atoms with van der Waals surface area (Å²) in [4.78, 5) is 4.26. The second-order valence-corrected chi connectivity index (χ2v) is 5.70. The molecule has 1 N–H and O–H groups in total. The third-order valence-corrected chi connectivity index (χ3v) is 3.84. The SMILES string of the molecule is OCC(Cc1ccc(Br)cc1)Cc1cscn1. The van der Waals surface area contributed by atoms with Crippen LogP contribution in [0.25, 0.3) is 0 Å². The lowest BCUT2D eigenvalue weighted by Crippen LogP contribution is -2.13. The summed E-state index contributed by atoms with van der Waals surface area (Å²) in [6.07, 6.45) is 1.73. The summed E-state index contributed by atoms with van der Waals surface area (Å²) in [5.74, 6) is 0.248. The first-order chi connectivity index (χ1) is 8.28. The quantitative estimate of drug-likeness (QED) is 0.919. The number of thiazole rings is 1. The van der Waals surface area contributed by atoms with Crippen molar-refractivity contribution in [3.8, 4) is 0 Å². The molecule has 2 rings (SSSR count). The van der Waals surface area contributed by atoms with Gasteiger partial charge in [-0.25, -0.2) is 4.98 Å². The van der Waals surface area contributed by atoms with Crippen LogP contribution in [0.5, 0.6) is 0 Å². The zero-order valence-corrected chi connectivity index (χ0v) is 11.7. The smallest absolute Gasteiger partial charge is 0.0794 e. The lowest BCUT2D eigenvalue weighted by Gasteiger charge is -2.12. The predicted molar refractivity (Wildman–Crippen MR) is 74.2 cm³/mol. The fraction of sp³-hybridized carbons (Fsp3) is 0.308. The number of halogens is 1. The minimum Gasteiger partial charge on any atom is -0.396 e. The van der Waals surface area contributed by atoms with Gasteiger partial charge in [-0.3, -0.25) is 0 Å². The Bertz CT molecular complexity index is 441. The maximum Gasteiger partial charge on any atom is 0.0794 e. The largest absolute Gasteiger partial charge is 0.396 e. The Labute approximate surface area is 113 Å². The van der Waals surface area contributed by atoms with Gasteiger partial charge in [0.05, 0.1) is 11.2 Å². The highest BCUT2D eigenvalue weighted by Gasteiger charge is 2.10. The van der Waals surface area contributed by atoms with Crippen molar-refractivity contribution < 1.29 is 5.11 Å². The summed E-state index contributed by atoms with van der Waals surface area (Å²) in [7, 11) is 0. The number of benzene rings is 1. The fourth-order valence-electron chi connectivity index (χ4n) is 1.79. The highest BCUT2D eigenvalue weighted by molar-refractivity contribution is 9.10. The zero-order valence-electron chi connectivity index (χ0n) is 9.34. The van der Waals surface area contributed by atoms with Crippen LogP contribution in [0, 0.1) is 5.92 Å². The molecular formula is C13H14BrNOS. The van der Waals surface area contributed by atoms with E-state index in [0.29, 0.717) is 0 Å². The minimum atomic E-state index is 0.202. The molecule has 0 bridgehead atoms. The van der Waals surface area contributed by atoms with E-state index in [0.717, 1.165) is 23.0 Å². The van der Waals surface area contributed by atoms with E-state index in [-0.39, 0.29) is 12.5 Å². The van der Waals surface area contributed by atoms with Crippen molar-refractivity contribution in [2.75, 3.05) is 6.61 Å². The Morgan fingerprint density at radius 1 is 1.24 bits per heavy atom. The Balaban J connectivity index is 1.97. The number of hydrogen-bond donors (Lipinski definition) is 1. The molecule has 1 aromatic carbocycles. The monoisotopic (exact) mass is 311 g/mol. The molecular weight excluding hydrogens is 298 g/mol. The van der Waals surface area contributed by atoms with E-state index in [9.17, 15) is 5.11 Å². The molecule has 0 saturated carbocycles. The van der Waals surface area contributed by atoms with Crippen LogP contribution < -0.4 is 0 Å². The van der Waals surface area contributed by atoms with Crippen LogP contribution >= 0.6 is 27.3 Å². The molecule has 0 aliphatic rings. The van der Waals surface area contributed by atoms with Gasteiger partial charge in [0, 0.05) is 16.5 Å².